The van der Waals surface area contributed by atoms with Gasteiger partial charge in [-0.05, 0) is 25.5 Å². The molecule has 0 amide bonds. The Labute approximate surface area is 118 Å². The maximum atomic E-state index is 9.76. The number of benzene rings is 2. The summed E-state index contributed by atoms with van der Waals surface area (Å²) in [6.07, 6.45) is 0. The Bertz CT molecular complexity index is 611. The van der Waals surface area contributed by atoms with Gasteiger partial charge < -0.3 is 20.6 Å². The van der Waals surface area contributed by atoms with E-state index in [1.54, 1.807) is 6.07 Å². The van der Waals surface area contributed by atoms with Crippen molar-refractivity contribution in [1.29, 1.82) is 0 Å². The highest BCUT2D eigenvalue weighted by atomic mass is 16.3. The summed E-state index contributed by atoms with van der Waals surface area (Å²) in [6, 6.07) is 11.3. The predicted molar refractivity (Wildman–Crippen MR) is 77.9 cm³/mol. The van der Waals surface area contributed by atoms with Crippen molar-refractivity contribution < 1.29 is 15.3 Å². The van der Waals surface area contributed by atoms with Crippen LogP contribution in [0.25, 0.3) is 0 Å². The summed E-state index contributed by atoms with van der Waals surface area (Å²) in [6.45, 7) is 4.47. The maximum absolute atomic E-state index is 9.76. The Hall–Kier alpha value is -2.20. The van der Waals surface area contributed by atoms with E-state index in [4.69, 9.17) is 0 Å². The molecule has 0 aromatic heterocycles. The number of phenolic OH excluding ortho intramolecular Hbond substituents is 3. The number of nitrogens with one attached hydrogen (secondary N) is 1. The second kappa shape index (κ2) is 5.84. The van der Waals surface area contributed by atoms with Gasteiger partial charge in [0.15, 0.2) is 11.5 Å². The first-order chi connectivity index (χ1) is 9.49. The normalized spacial score (nSPS) is 12.3. The van der Waals surface area contributed by atoms with Gasteiger partial charge in [-0.15, -0.1) is 0 Å². The monoisotopic (exact) mass is 273 g/mol. The summed E-state index contributed by atoms with van der Waals surface area (Å²) in [4.78, 5) is 0. The van der Waals surface area contributed by atoms with Crippen LogP contribution >= 0.6 is 0 Å². The van der Waals surface area contributed by atoms with Gasteiger partial charge in [-0.1, -0.05) is 35.9 Å². The van der Waals surface area contributed by atoms with E-state index in [9.17, 15) is 15.3 Å². The van der Waals surface area contributed by atoms with E-state index in [1.165, 1.54) is 11.6 Å². The van der Waals surface area contributed by atoms with Crippen molar-refractivity contribution in [2.75, 3.05) is 0 Å². The molecule has 0 spiro atoms. The predicted octanol–water partition coefficient (Wildman–Crippen LogP) is 2.96. The van der Waals surface area contributed by atoms with Gasteiger partial charge in [0, 0.05) is 18.2 Å². The standard InChI is InChI=1S/C16H19NO3/c1-10-4-3-5-12(8-10)11(2)17-9-13-6-7-14(18)16(20)15(13)19/h3-8,11,17-20H,9H2,1-2H3/t11-/m1/s1. The minimum atomic E-state index is -0.479. The molecule has 106 valence electrons. The molecule has 1 atom stereocenters. The first-order valence-electron chi connectivity index (χ1n) is 6.51. The maximum Gasteiger partial charge on any atom is 0.200 e. The van der Waals surface area contributed by atoms with Crippen molar-refractivity contribution in [1.82, 2.24) is 5.32 Å². The molecule has 2 aromatic rings. The first kappa shape index (κ1) is 14.2. The van der Waals surface area contributed by atoms with Crippen LogP contribution in [0.2, 0.25) is 0 Å². The quantitative estimate of drug-likeness (QED) is 0.646. The SMILES string of the molecule is Cc1cccc([C@@H](C)NCc2ccc(O)c(O)c2O)c1. The first-order valence-corrected chi connectivity index (χ1v) is 6.51. The van der Waals surface area contributed by atoms with E-state index in [2.05, 4.69) is 11.4 Å². The smallest absolute Gasteiger partial charge is 0.200 e. The Kier molecular flexibility index (Phi) is 4.15. The third-order valence-electron chi connectivity index (χ3n) is 3.35. The highest BCUT2D eigenvalue weighted by Gasteiger charge is 2.12. The van der Waals surface area contributed by atoms with E-state index in [0.29, 0.717) is 12.1 Å². The Morgan fingerprint density at radius 1 is 1.05 bits per heavy atom. The molecular formula is C16H19NO3. The third-order valence-corrected chi connectivity index (χ3v) is 3.35. The summed E-state index contributed by atoms with van der Waals surface area (Å²) in [5, 5.41) is 31.8. The number of phenols is 3. The van der Waals surface area contributed by atoms with E-state index in [1.807, 2.05) is 32.0 Å². The van der Waals surface area contributed by atoms with Gasteiger partial charge >= 0.3 is 0 Å². The van der Waals surface area contributed by atoms with E-state index in [0.717, 1.165) is 5.56 Å². The summed E-state index contributed by atoms with van der Waals surface area (Å²) in [5.74, 6) is -1.08. The van der Waals surface area contributed by atoms with Crippen molar-refractivity contribution in [3.05, 3.63) is 53.1 Å². The molecule has 0 unspecified atom stereocenters. The molecule has 0 saturated heterocycles. The highest BCUT2D eigenvalue weighted by molar-refractivity contribution is 5.53. The van der Waals surface area contributed by atoms with Crippen LogP contribution in [0.1, 0.15) is 29.7 Å². The highest BCUT2D eigenvalue weighted by Crippen LogP contribution is 2.37. The molecule has 20 heavy (non-hydrogen) atoms. The summed E-state index contributed by atoms with van der Waals surface area (Å²) < 4.78 is 0. The lowest BCUT2D eigenvalue weighted by atomic mass is 10.1. The van der Waals surface area contributed by atoms with E-state index < -0.39 is 5.75 Å². The van der Waals surface area contributed by atoms with Crippen molar-refractivity contribution in [3.8, 4) is 17.2 Å². The molecule has 0 bridgehead atoms. The fraction of sp³-hybridized carbons (Fsp3) is 0.250. The van der Waals surface area contributed by atoms with Crippen LogP contribution in [-0.2, 0) is 6.54 Å². The molecule has 2 aromatic carbocycles. The fourth-order valence-corrected chi connectivity index (χ4v) is 2.07. The molecule has 0 fully saturated rings. The molecule has 0 radical (unpaired) electrons. The molecule has 0 heterocycles. The van der Waals surface area contributed by atoms with E-state index >= 15 is 0 Å². The summed E-state index contributed by atoms with van der Waals surface area (Å²) in [7, 11) is 0. The van der Waals surface area contributed by atoms with Gasteiger partial charge in [0.05, 0.1) is 0 Å². The van der Waals surface area contributed by atoms with Crippen molar-refractivity contribution in [2.45, 2.75) is 26.4 Å². The lowest BCUT2D eigenvalue weighted by Crippen LogP contribution is -2.18. The minimum Gasteiger partial charge on any atom is -0.504 e. The zero-order valence-electron chi connectivity index (χ0n) is 11.6. The van der Waals surface area contributed by atoms with Gasteiger partial charge in [0.25, 0.3) is 0 Å². The van der Waals surface area contributed by atoms with Crippen LogP contribution in [0, 0.1) is 6.92 Å². The zero-order valence-corrected chi connectivity index (χ0v) is 11.6. The number of rotatable bonds is 4. The minimum absolute atomic E-state index is 0.116. The van der Waals surface area contributed by atoms with Crippen molar-refractivity contribution in [2.24, 2.45) is 0 Å². The largest absolute Gasteiger partial charge is 0.504 e. The number of aromatic hydroxyl groups is 3. The molecule has 2 rings (SSSR count). The van der Waals surface area contributed by atoms with Gasteiger partial charge in [-0.25, -0.2) is 0 Å². The van der Waals surface area contributed by atoms with Gasteiger partial charge in [-0.3, -0.25) is 0 Å². The van der Waals surface area contributed by atoms with Crippen molar-refractivity contribution >= 4 is 0 Å². The summed E-state index contributed by atoms with van der Waals surface area (Å²) in [5.41, 5.74) is 2.90. The van der Waals surface area contributed by atoms with Crippen molar-refractivity contribution in [3.63, 3.8) is 0 Å². The number of aryl methyl sites for hydroxylation is 1. The fourth-order valence-electron chi connectivity index (χ4n) is 2.07. The molecule has 0 aliphatic carbocycles. The molecule has 0 aliphatic rings. The Morgan fingerprint density at radius 2 is 1.80 bits per heavy atom. The van der Waals surface area contributed by atoms with Crippen LogP contribution in [0.3, 0.4) is 0 Å². The third kappa shape index (κ3) is 3.03. The van der Waals surface area contributed by atoms with Gasteiger partial charge in [0.1, 0.15) is 0 Å². The average Bonchev–Trinajstić information content (AvgIpc) is 2.44. The lowest BCUT2D eigenvalue weighted by molar-refractivity contribution is 0.363. The molecule has 4 N–H and O–H groups in total. The second-order valence-electron chi connectivity index (χ2n) is 4.96. The lowest BCUT2D eigenvalue weighted by Gasteiger charge is -2.16. The summed E-state index contributed by atoms with van der Waals surface area (Å²) >= 11 is 0. The van der Waals surface area contributed by atoms with Gasteiger partial charge in [0.2, 0.25) is 5.75 Å². The number of hydrogen-bond acceptors (Lipinski definition) is 4. The Balaban J connectivity index is 2.07. The van der Waals surface area contributed by atoms with Crippen LogP contribution < -0.4 is 5.32 Å². The Morgan fingerprint density at radius 3 is 2.50 bits per heavy atom. The molecule has 0 saturated carbocycles. The van der Waals surface area contributed by atoms with Crippen LogP contribution in [0.15, 0.2) is 36.4 Å². The molecule has 4 heteroatoms. The molecule has 0 aliphatic heterocycles. The second-order valence-corrected chi connectivity index (χ2v) is 4.96. The van der Waals surface area contributed by atoms with Crippen LogP contribution in [0.5, 0.6) is 17.2 Å². The van der Waals surface area contributed by atoms with Crippen LogP contribution in [-0.4, -0.2) is 15.3 Å². The average molecular weight is 273 g/mol. The van der Waals surface area contributed by atoms with Crippen LogP contribution in [0.4, 0.5) is 0 Å². The molecular weight excluding hydrogens is 254 g/mol. The van der Waals surface area contributed by atoms with Gasteiger partial charge in [-0.2, -0.15) is 0 Å². The molecule has 4 nitrogen and oxygen atoms in total. The number of hydrogen-bond donors (Lipinski definition) is 4. The topological polar surface area (TPSA) is 72.7 Å². The zero-order chi connectivity index (χ0) is 14.7. The van der Waals surface area contributed by atoms with E-state index in [-0.39, 0.29) is 17.5 Å².